The van der Waals surface area contributed by atoms with Gasteiger partial charge in [-0.3, -0.25) is 4.98 Å². The Kier molecular flexibility index (Phi) is 2.74. The zero-order chi connectivity index (χ0) is 10.0. The first-order valence-electron chi connectivity index (χ1n) is 4.77. The molecule has 1 aliphatic rings. The smallest absolute Gasteiger partial charge is 0.0542 e. The maximum atomic E-state index is 4.13. The fraction of sp³-hybridized carbons (Fsp3) is 0.500. The summed E-state index contributed by atoms with van der Waals surface area (Å²) in [6.45, 7) is 4.33. The van der Waals surface area contributed by atoms with Crippen molar-refractivity contribution in [3.8, 4) is 0 Å². The van der Waals surface area contributed by atoms with Gasteiger partial charge in [0.2, 0.25) is 0 Å². The van der Waals surface area contributed by atoms with E-state index in [-0.39, 0.29) is 5.54 Å². The van der Waals surface area contributed by atoms with Crippen molar-refractivity contribution < 1.29 is 0 Å². The van der Waals surface area contributed by atoms with Crippen molar-refractivity contribution in [2.24, 2.45) is 0 Å². The Morgan fingerprint density at radius 3 is 3.07 bits per heavy atom. The molecule has 76 valence electrons. The molecule has 1 aliphatic heterocycles. The summed E-state index contributed by atoms with van der Waals surface area (Å²) in [5, 5.41) is 6.86. The maximum absolute atomic E-state index is 4.13. The van der Waals surface area contributed by atoms with Crippen LogP contribution in [0.25, 0.3) is 0 Å². The summed E-state index contributed by atoms with van der Waals surface area (Å²) >= 11 is 3.41. The molecule has 0 saturated carbocycles. The summed E-state index contributed by atoms with van der Waals surface area (Å²) in [5.74, 6) is 0. The van der Waals surface area contributed by atoms with E-state index >= 15 is 0 Å². The van der Waals surface area contributed by atoms with Crippen LogP contribution in [0.4, 0.5) is 5.69 Å². The van der Waals surface area contributed by atoms with Crippen molar-refractivity contribution >= 4 is 21.6 Å². The van der Waals surface area contributed by atoms with Crippen molar-refractivity contribution in [2.75, 3.05) is 18.4 Å². The maximum Gasteiger partial charge on any atom is 0.0542 e. The lowest BCUT2D eigenvalue weighted by Crippen LogP contribution is -2.36. The zero-order valence-electron chi connectivity index (χ0n) is 8.18. The third kappa shape index (κ3) is 2.25. The first-order chi connectivity index (χ1) is 6.68. The van der Waals surface area contributed by atoms with Crippen LogP contribution in [-0.4, -0.2) is 23.6 Å². The molecular formula is C10H14BrN3. The summed E-state index contributed by atoms with van der Waals surface area (Å²) in [4.78, 5) is 4.13. The van der Waals surface area contributed by atoms with Gasteiger partial charge in [0.1, 0.15) is 0 Å². The van der Waals surface area contributed by atoms with Gasteiger partial charge in [0.15, 0.2) is 0 Å². The Labute approximate surface area is 92.4 Å². The molecule has 0 aromatic carbocycles. The molecule has 1 aromatic heterocycles. The highest BCUT2D eigenvalue weighted by atomic mass is 79.9. The quantitative estimate of drug-likeness (QED) is 0.849. The molecule has 1 aromatic rings. The fourth-order valence-corrected chi connectivity index (χ4v) is 2.12. The van der Waals surface area contributed by atoms with Crippen LogP contribution in [-0.2, 0) is 0 Å². The minimum Gasteiger partial charge on any atom is -0.377 e. The van der Waals surface area contributed by atoms with Crippen LogP contribution < -0.4 is 10.6 Å². The van der Waals surface area contributed by atoms with E-state index in [1.54, 1.807) is 6.20 Å². The average Bonchev–Trinajstić information content (AvgIpc) is 2.51. The normalized spacial score (nSPS) is 26.4. The summed E-state index contributed by atoms with van der Waals surface area (Å²) in [6, 6.07) is 2.05. The topological polar surface area (TPSA) is 37.0 Å². The molecule has 1 unspecified atom stereocenters. The lowest BCUT2D eigenvalue weighted by Gasteiger charge is -2.25. The first-order valence-corrected chi connectivity index (χ1v) is 5.57. The molecule has 0 bridgehead atoms. The number of halogens is 1. The van der Waals surface area contributed by atoms with E-state index in [2.05, 4.69) is 44.5 Å². The molecule has 1 saturated heterocycles. The zero-order valence-corrected chi connectivity index (χ0v) is 9.76. The van der Waals surface area contributed by atoms with Crippen molar-refractivity contribution in [3.05, 3.63) is 22.9 Å². The van der Waals surface area contributed by atoms with Gasteiger partial charge in [-0.25, -0.2) is 0 Å². The second-order valence-electron chi connectivity index (χ2n) is 4.00. The van der Waals surface area contributed by atoms with Crippen LogP contribution in [0.1, 0.15) is 13.3 Å². The third-order valence-electron chi connectivity index (χ3n) is 2.52. The molecule has 2 rings (SSSR count). The molecule has 0 radical (unpaired) electrons. The Bertz CT molecular complexity index is 321. The summed E-state index contributed by atoms with van der Waals surface area (Å²) < 4.78 is 1.01. The van der Waals surface area contributed by atoms with E-state index in [9.17, 15) is 0 Å². The van der Waals surface area contributed by atoms with Crippen LogP contribution in [0.15, 0.2) is 22.9 Å². The number of anilines is 1. The lowest BCUT2D eigenvalue weighted by molar-refractivity contribution is 0.566. The SMILES string of the molecule is CC1(Nc2cncc(Br)c2)CCNC1. The molecule has 14 heavy (non-hydrogen) atoms. The molecule has 0 amide bonds. The number of hydrogen-bond acceptors (Lipinski definition) is 3. The van der Waals surface area contributed by atoms with Gasteiger partial charge in [-0.05, 0) is 41.9 Å². The highest BCUT2D eigenvalue weighted by molar-refractivity contribution is 9.10. The van der Waals surface area contributed by atoms with Gasteiger partial charge in [0.25, 0.3) is 0 Å². The number of nitrogens with zero attached hydrogens (tertiary/aromatic N) is 1. The Morgan fingerprint density at radius 2 is 2.43 bits per heavy atom. The molecule has 0 aliphatic carbocycles. The molecule has 1 fully saturated rings. The van der Waals surface area contributed by atoms with Crippen LogP contribution in [0.2, 0.25) is 0 Å². The van der Waals surface area contributed by atoms with Gasteiger partial charge < -0.3 is 10.6 Å². The van der Waals surface area contributed by atoms with Crippen molar-refractivity contribution in [2.45, 2.75) is 18.9 Å². The second kappa shape index (κ2) is 3.87. The lowest BCUT2D eigenvalue weighted by atomic mass is 10.0. The van der Waals surface area contributed by atoms with Crippen LogP contribution in [0, 0.1) is 0 Å². The number of hydrogen-bond donors (Lipinski definition) is 2. The van der Waals surface area contributed by atoms with E-state index < -0.39 is 0 Å². The van der Waals surface area contributed by atoms with Crippen LogP contribution in [0.3, 0.4) is 0 Å². The molecule has 0 spiro atoms. The van der Waals surface area contributed by atoms with E-state index in [1.807, 2.05) is 6.20 Å². The van der Waals surface area contributed by atoms with Gasteiger partial charge in [-0.2, -0.15) is 0 Å². The van der Waals surface area contributed by atoms with Gasteiger partial charge >= 0.3 is 0 Å². The summed E-state index contributed by atoms with van der Waals surface area (Å²) in [6.07, 6.45) is 4.80. The Morgan fingerprint density at radius 1 is 1.57 bits per heavy atom. The summed E-state index contributed by atoms with van der Waals surface area (Å²) in [5.41, 5.74) is 1.24. The van der Waals surface area contributed by atoms with Gasteiger partial charge in [0, 0.05) is 22.8 Å². The molecule has 2 heterocycles. The van der Waals surface area contributed by atoms with E-state index in [0.717, 1.165) is 29.7 Å². The number of nitrogens with one attached hydrogen (secondary N) is 2. The fourth-order valence-electron chi connectivity index (χ4n) is 1.75. The predicted molar refractivity (Wildman–Crippen MR) is 61.5 cm³/mol. The number of rotatable bonds is 2. The Balaban J connectivity index is 2.10. The first kappa shape index (κ1) is 9.93. The average molecular weight is 256 g/mol. The number of aromatic nitrogens is 1. The molecule has 3 nitrogen and oxygen atoms in total. The van der Waals surface area contributed by atoms with Crippen molar-refractivity contribution in [1.82, 2.24) is 10.3 Å². The molecule has 2 N–H and O–H groups in total. The monoisotopic (exact) mass is 255 g/mol. The minimum absolute atomic E-state index is 0.169. The summed E-state index contributed by atoms with van der Waals surface area (Å²) in [7, 11) is 0. The van der Waals surface area contributed by atoms with E-state index in [4.69, 9.17) is 0 Å². The highest BCUT2D eigenvalue weighted by Crippen LogP contribution is 2.22. The third-order valence-corrected chi connectivity index (χ3v) is 2.95. The standard InChI is InChI=1S/C10H14BrN3/c1-10(2-3-12-7-10)14-9-4-8(11)5-13-6-9/h4-6,12,14H,2-3,7H2,1H3. The second-order valence-corrected chi connectivity index (χ2v) is 4.92. The van der Waals surface area contributed by atoms with Crippen LogP contribution >= 0.6 is 15.9 Å². The highest BCUT2D eigenvalue weighted by Gasteiger charge is 2.27. The Hall–Kier alpha value is -0.610. The van der Waals surface area contributed by atoms with Crippen molar-refractivity contribution in [3.63, 3.8) is 0 Å². The van der Waals surface area contributed by atoms with Gasteiger partial charge in [0.05, 0.1) is 11.9 Å². The molecule has 1 atom stereocenters. The molecular weight excluding hydrogens is 242 g/mol. The van der Waals surface area contributed by atoms with Crippen LogP contribution in [0.5, 0.6) is 0 Å². The van der Waals surface area contributed by atoms with E-state index in [1.165, 1.54) is 0 Å². The largest absolute Gasteiger partial charge is 0.377 e. The number of pyridine rings is 1. The van der Waals surface area contributed by atoms with Gasteiger partial charge in [-0.15, -0.1) is 0 Å². The minimum atomic E-state index is 0.169. The van der Waals surface area contributed by atoms with Gasteiger partial charge in [-0.1, -0.05) is 0 Å². The van der Waals surface area contributed by atoms with Crippen molar-refractivity contribution in [1.29, 1.82) is 0 Å². The molecule has 4 heteroatoms. The predicted octanol–water partition coefficient (Wildman–Crippen LogP) is 2.01. The van der Waals surface area contributed by atoms with E-state index in [0.29, 0.717) is 0 Å².